The molecule has 156 valence electrons. The Balaban J connectivity index is 1.83. The molecule has 0 spiro atoms. The van der Waals surface area contributed by atoms with E-state index in [-0.39, 0.29) is 11.8 Å². The summed E-state index contributed by atoms with van der Waals surface area (Å²) in [6.45, 7) is 5.83. The van der Waals surface area contributed by atoms with Crippen LogP contribution in [0.4, 0.5) is 5.69 Å². The van der Waals surface area contributed by atoms with Gasteiger partial charge in [-0.25, -0.2) is 4.90 Å². The van der Waals surface area contributed by atoms with Crippen LogP contribution in [0, 0.1) is 5.92 Å². The number of methoxy groups -OCH3 is 1. The van der Waals surface area contributed by atoms with Crippen molar-refractivity contribution in [3.8, 4) is 5.75 Å². The van der Waals surface area contributed by atoms with Crippen molar-refractivity contribution in [1.82, 2.24) is 4.90 Å². The van der Waals surface area contributed by atoms with Crippen molar-refractivity contribution in [3.05, 3.63) is 65.4 Å². The number of aryl methyl sites for hydroxylation is 1. The number of imide groups is 1. The molecule has 1 unspecified atom stereocenters. The van der Waals surface area contributed by atoms with Crippen LogP contribution in [-0.4, -0.2) is 36.9 Å². The largest absolute Gasteiger partial charge is 0.496 e. The molecule has 2 aromatic carbocycles. The Labute approximate surface area is 177 Å². The van der Waals surface area contributed by atoms with Gasteiger partial charge in [-0.15, -0.1) is 0 Å². The lowest BCUT2D eigenvalue weighted by Crippen LogP contribution is -2.39. The molecule has 0 aromatic heterocycles. The average molecular weight is 405 g/mol. The molecule has 5 nitrogen and oxygen atoms in total. The fraction of sp³-hybridized carbons (Fsp3) is 0.360. The molecule has 4 rings (SSSR count). The second kappa shape index (κ2) is 8.34. The van der Waals surface area contributed by atoms with E-state index in [4.69, 9.17) is 4.74 Å². The van der Waals surface area contributed by atoms with E-state index in [1.54, 1.807) is 7.11 Å². The monoisotopic (exact) mass is 404 g/mol. The summed E-state index contributed by atoms with van der Waals surface area (Å²) in [6.07, 6.45) is 3.05. The van der Waals surface area contributed by atoms with Gasteiger partial charge < -0.3 is 9.64 Å². The third-order valence-corrected chi connectivity index (χ3v) is 6.01. The lowest BCUT2D eigenvalue weighted by atomic mass is 9.97. The van der Waals surface area contributed by atoms with Crippen LogP contribution >= 0.6 is 0 Å². The smallest absolute Gasteiger partial charge is 0.282 e. The minimum absolute atomic E-state index is 0.251. The maximum Gasteiger partial charge on any atom is 0.282 e. The molecular weight excluding hydrogens is 376 g/mol. The van der Waals surface area contributed by atoms with Gasteiger partial charge in [0.15, 0.2) is 0 Å². The Kier molecular flexibility index (Phi) is 5.62. The van der Waals surface area contributed by atoms with Crippen molar-refractivity contribution in [2.75, 3.05) is 25.1 Å². The van der Waals surface area contributed by atoms with Gasteiger partial charge in [0, 0.05) is 18.7 Å². The first-order chi connectivity index (χ1) is 14.5. The predicted octanol–water partition coefficient (Wildman–Crippen LogP) is 4.27. The summed E-state index contributed by atoms with van der Waals surface area (Å²) < 4.78 is 5.53. The van der Waals surface area contributed by atoms with E-state index in [1.165, 1.54) is 10.5 Å². The van der Waals surface area contributed by atoms with Crippen LogP contribution in [0.5, 0.6) is 5.75 Å². The summed E-state index contributed by atoms with van der Waals surface area (Å²) in [6, 6.07) is 15.1. The van der Waals surface area contributed by atoms with Gasteiger partial charge in [-0.3, -0.25) is 9.59 Å². The average Bonchev–Trinajstić information content (AvgIpc) is 3.03. The molecule has 30 heavy (non-hydrogen) atoms. The van der Waals surface area contributed by atoms with E-state index < -0.39 is 0 Å². The number of carbonyl (C=O) groups is 2. The summed E-state index contributed by atoms with van der Waals surface area (Å²) in [7, 11) is 1.59. The highest BCUT2D eigenvalue weighted by Gasteiger charge is 2.43. The number of anilines is 1. The van der Waals surface area contributed by atoms with Crippen LogP contribution in [0.15, 0.2) is 54.2 Å². The molecule has 0 bridgehead atoms. The number of carbonyl (C=O) groups excluding carboxylic acids is 2. The van der Waals surface area contributed by atoms with Gasteiger partial charge >= 0.3 is 0 Å². The van der Waals surface area contributed by atoms with Crippen LogP contribution in [-0.2, 0) is 16.0 Å². The van der Waals surface area contributed by atoms with Crippen molar-refractivity contribution >= 4 is 23.1 Å². The molecule has 5 heteroatoms. The summed E-state index contributed by atoms with van der Waals surface area (Å²) in [5, 5.41) is 0. The molecule has 2 aliphatic rings. The van der Waals surface area contributed by atoms with Gasteiger partial charge in [0.05, 0.1) is 18.4 Å². The summed E-state index contributed by atoms with van der Waals surface area (Å²) in [5.74, 6) is 0.534. The van der Waals surface area contributed by atoms with Gasteiger partial charge in [0.2, 0.25) is 0 Å². The highest BCUT2D eigenvalue weighted by atomic mass is 16.5. The molecule has 0 radical (unpaired) electrons. The highest BCUT2D eigenvalue weighted by molar-refractivity contribution is 6.45. The van der Waals surface area contributed by atoms with Crippen molar-refractivity contribution in [2.45, 2.75) is 33.1 Å². The van der Waals surface area contributed by atoms with E-state index >= 15 is 0 Å². The first kappa shape index (κ1) is 20.2. The van der Waals surface area contributed by atoms with Crippen molar-refractivity contribution < 1.29 is 14.3 Å². The third-order valence-electron chi connectivity index (χ3n) is 6.01. The Morgan fingerprint density at radius 1 is 1.03 bits per heavy atom. The fourth-order valence-corrected chi connectivity index (χ4v) is 4.41. The predicted molar refractivity (Wildman–Crippen MR) is 118 cm³/mol. The number of benzene rings is 2. The van der Waals surface area contributed by atoms with Gasteiger partial charge in [0.25, 0.3) is 11.8 Å². The van der Waals surface area contributed by atoms with E-state index in [0.717, 1.165) is 32.4 Å². The lowest BCUT2D eigenvalue weighted by molar-refractivity contribution is -0.120. The second-order valence-electron chi connectivity index (χ2n) is 8.08. The normalized spacial score (nSPS) is 19.6. The third kappa shape index (κ3) is 3.49. The number of amides is 2. The van der Waals surface area contributed by atoms with Crippen LogP contribution in [0.25, 0.3) is 5.57 Å². The Morgan fingerprint density at radius 2 is 1.77 bits per heavy atom. The first-order valence-corrected chi connectivity index (χ1v) is 10.7. The molecule has 1 saturated heterocycles. The maximum atomic E-state index is 13.6. The minimum Gasteiger partial charge on any atom is -0.496 e. The lowest BCUT2D eigenvalue weighted by Gasteiger charge is -2.33. The zero-order valence-electron chi connectivity index (χ0n) is 17.9. The molecule has 1 atom stereocenters. The summed E-state index contributed by atoms with van der Waals surface area (Å²) in [4.78, 5) is 30.7. The minimum atomic E-state index is -0.290. The Morgan fingerprint density at radius 3 is 2.43 bits per heavy atom. The molecule has 2 heterocycles. The van der Waals surface area contributed by atoms with Gasteiger partial charge in [-0.05, 0) is 48.9 Å². The molecule has 1 fully saturated rings. The van der Waals surface area contributed by atoms with Crippen LogP contribution < -0.4 is 9.64 Å². The topological polar surface area (TPSA) is 49.9 Å². The number of hydrogen-bond donors (Lipinski definition) is 0. The molecule has 0 aliphatic carbocycles. The number of hydrogen-bond acceptors (Lipinski definition) is 4. The summed E-state index contributed by atoms with van der Waals surface area (Å²) >= 11 is 0. The van der Waals surface area contributed by atoms with Crippen LogP contribution in [0.1, 0.15) is 37.8 Å². The molecule has 0 N–H and O–H groups in total. The fourth-order valence-electron chi connectivity index (χ4n) is 4.41. The van der Waals surface area contributed by atoms with Crippen molar-refractivity contribution in [2.24, 2.45) is 5.92 Å². The van der Waals surface area contributed by atoms with E-state index in [0.29, 0.717) is 34.2 Å². The van der Waals surface area contributed by atoms with Gasteiger partial charge in [-0.1, -0.05) is 44.2 Å². The van der Waals surface area contributed by atoms with Gasteiger partial charge in [-0.2, -0.15) is 0 Å². The van der Waals surface area contributed by atoms with E-state index in [1.807, 2.05) is 48.5 Å². The number of piperidine rings is 1. The number of ether oxygens (including phenoxy) is 1. The highest BCUT2D eigenvalue weighted by Crippen LogP contribution is 2.39. The standard InChI is InChI=1S/C25H28N2O3/c1-4-18-11-13-19(14-12-18)27-24(28)22(20-9-5-6-10-21(20)30-3)23(25(27)29)26-15-7-8-17(2)16-26/h5-6,9-14,17H,4,7-8,15-16H2,1-3H3. The Hall–Kier alpha value is -3.08. The summed E-state index contributed by atoms with van der Waals surface area (Å²) in [5.41, 5.74) is 3.37. The van der Waals surface area contributed by atoms with Crippen molar-refractivity contribution in [1.29, 1.82) is 0 Å². The molecule has 2 amide bonds. The SMILES string of the molecule is CCc1ccc(N2C(=O)C(c3ccccc3OC)=C(N3CCCC(C)C3)C2=O)cc1. The number of para-hydroxylation sites is 1. The van der Waals surface area contributed by atoms with Crippen LogP contribution in [0.3, 0.4) is 0 Å². The zero-order valence-corrected chi connectivity index (χ0v) is 17.9. The quantitative estimate of drug-likeness (QED) is 0.698. The van der Waals surface area contributed by atoms with Crippen LogP contribution in [0.2, 0.25) is 0 Å². The molecular formula is C25H28N2O3. The number of nitrogens with zero attached hydrogens (tertiary/aromatic N) is 2. The maximum absolute atomic E-state index is 13.6. The molecule has 2 aliphatic heterocycles. The molecule has 2 aromatic rings. The van der Waals surface area contributed by atoms with E-state index in [9.17, 15) is 9.59 Å². The van der Waals surface area contributed by atoms with Gasteiger partial charge in [0.1, 0.15) is 11.4 Å². The molecule has 0 saturated carbocycles. The Bertz CT molecular complexity index is 994. The van der Waals surface area contributed by atoms with E-state index in [2.05, 4.69) is 18.7 Å². The number of likely N-dealkylation sites (tertiary alicyclic amines) is 1. The number of rotatable bonds is 5. The zero-order chi connectivity index (χ0) is 21.3. The second-order valence-corrected chi connectivity index (χ2v) is 8.08. The first-order valence-electron chi connectivity index (χ1n) is 10.7. The van der Waals surface area contributed by atoms with Crippen molar-refractivity contribution in [3.63, 3.8) is 0 Å².